The molecule has 0 radical (unpaired) electrons. The summed E-state index contributed by atoms with van der Waals surface area (Å²) in [5, 5.41) is 3.53. The van der Waals surface area contributed by atoms with Crippen LogP contribution in [0.4, 0.5) is 4.39 Å². The number of hydrogen-bond donors (Lipinski definition) is 1. The first kappa shape index (κ1) is 18.7. The Balaban J connectivity index is 1.37. The normalized spacial score (nSPS) is 15.1. The first-order chi connectivity index (χ1) is 13.6. The lowest BCUT2D eigenvalue weighted by Crippen LogP contribution is -2.29. The van der Waals surface area contributed by atoms with Crippen molar-refractivity contribution in [1.29, 1.82) is 0 Å². The molecule has 0 saturated carbocycles. The first-order valence-electron chi connectivity index (χ1n) is 9.87. The van der Waals surface area contributed by atoms with Gasteiger partial charge in [-0.15, -0.1) is 0 Å². The van der Waals surface area contributed by atoms with Crippen molar-refractivity contribution in [2.24, 2.45) is 0 Å². The van der Waals surface area contributed by atoms with Crippen molar-refractivity contribution in [3.05, 3.63) is 70.7 Å². The summed E-state index contributed by atoms with van der Waals surface area (Å²) in [6.07, 6.45) is 3.92. The number of fused-ring (bicyclic) bond motifs is 1. The molecule has 1 aliphatic rings. The Kier molecular flexibility index (Phi) is 5.44. The molecule has 1 aliphatic heterocycles. The SMILES string of the molecule is Cc1c(C(=O)NCc2ccc(CN3CCCCC3)cc2)oc2ccc(F)cc12. The second kappa shape index (κ2) is 8.15. The number of likely N-dealkylation sites (tertiary alicyclic amines) is 1. The molecule has 5 heteroatoms. The van der Waals surface area contributed by atoms with Crippen LogP contribution in [0.2, 0.25) is 0 Å². The van der Waals surface area contributed by atoms with Gasteiger partial charge in [-0.05, 0) is 62.2 Å². The number of rotatable bonds is 5. The van der Waals surface area contributed by atoms with Gasteiger partial charge in [-0.2, -0.15) is 0 Å². The fraction of sp³-hybridized carbons (Fsp3) is 0.348. The van der Waals surface area contributed by atoms with E-state index in [4.69, 9.17) is 4.42 Å². The van der Waals surface area contributed by atoms with Crippen molar-refractivity contribution in [2.45, 2.75) is 39.3 Å². The molecule has 1 amide bonds. The van der Waals surface area contributed by atoms with Crippen LogP contribution in [0.1, 0.15) is 46.5 Å². The Morgan fingerprint density at radius 2 is 1.79 bits per heavy atom. The molecule has 0 unspecified atom stereocenters. The smallest absolute Gasteiger partial charge is 0.287 e. The second-order valence-electron chi connectivity index (χ2n) is 7.53. The maximum atomic E-state index is 13.4. The van der Waals surface area contributed by atoms with Gasteiger partial charge in [0.15, 0.2) is 5.76 Å². The molecule has 28 heavy (non-hydrogen) atoms. The van der Waals surface area contributed by atoms with Gasteiger partial charge in [0.1, 0.15) is 11.4 Å². The molecular weight excluding hydrogens is 355 g/mol. The molecule has 3 aromatic rings. The fourth-order valence-corrected chi connectivity index (χ4v) is 3.81. The third-order valence-electron chi connectivity index (χ3n) is 5.44. The summed E-state index contributed by atoms with van der Waals surface area (Å²) in [5.74, 6) is -0.387. The average Bonchev–Trinajstić information content (AvgIpc) is 3.04. The predicted octanol–water partition coefficient (Wildman–Crippen LogP) is 4.80. The topological polar surface area (TPSA) is 45.5 Å². The van der Waals surface area contributed by atoms with E-state index in [0.717, 1.165) is 12.1 Å². The lowest BCUT2D eigenvalue weighted by Gasteiger charge is -2.26. The Bertz CT molecular complexity index is 972. The molecule has 4 nitrogen and oxygen atoms in total. The van der Waals surface area contributed by atoms with Gasteiger partial charge in [0.25, 0.3) is 5.91 Å². The lowest BCUT2D eigenvalue weighted by atomic mass is 10.1. The molecule has 0 aliphatic carbocycles. The average molecular weight is 380 g/mol. The van der Waals surface area contributed by atoms with Crippen molar-refractivity contribution >= 4 is 16.9 Å². The van der Waals surface area contributed by atoms with Crippen LogP contribution in [-0.4, -0.2) is 23.9 Å². The van der Waals surface area contributed by atoms with Crippen LogP contribution in [0.25, 0.3) is 11.0 Å². The summed E-state index contributed by atoms with van der Waals surface area (Å²) in [6.45, 7) is 5.54. The van der Waals surface area contributed by atoms with Crippen LogP contribution in [0.3, 0.4) is 0 Å². The van der Waals surface area contributed by atoms with Crippen molar-refractivity contribution in [1.82, 2.24) is 10.2 Å². The number of amides is 1. The number of aryl methyl sites for hydroxylation is 1. The molecule has 0 bridgehead atoms. The quantitative estimate of drug-likeness (QED) is 0.692. The van der Waals surface area contributed by atoms with Crippen LogP contribution in [0.5, 0.6) is 0 Å². The predicted molar refractivity (Wildman–Crippen MR) is 108 cm³/mol. The Morgan fingerprint density at radius 1 is 1.07 bits per heavy atom. The van der Waals surface area contributed by atoms with E-state index in [0.29, 0.717) is 23.1 Å². The Labute approximate surface area is 164 Å². The third kappa shape index (κ3) is 4.09. The van der Waals surface area contributed by atoms with E-state index in [-0.39, 0.29) is 17.5 Å². The minimum atomic E-state index is -0.340. The highest BCUT2D eigenvalue weighted by molar-refractivity contribution is 5.98. The van der Waals surface area contributed by atoms with E-state index >= 15 is 0 Å². The molecule has 146 valence electrons. The van der Waals surface area contributed by atoms with Gasteiger partial charge in [0.05, 0.1) is 0 Å². The zero-order chi connectivity index (χ0) is 19.5. The van der Waals surface area contributed by atoms with Crippen molar-refractivity contribution < 1.29 is 13.6 Å². The Hall–Kier alpha value is -2.66. The number of piperidine rings is 1. The Morgan fingerprint density at radius 3 is 2.54 bits per heavy atom. The molecule has 1 fully saturated rings. The summed E-state index contributed by atoms with van der Waals surface area (Å²) in [7, 11) is 0. The van der Waals surface area contributed by atoms with E-state index in [9.17, 15) is 9.18 Å². The lowest BCUT2D eigenvalue weighted by molar-refractivity contribution is 0.0924. The second-order valence-corrected chi connectivity index (χ2v) is 7.53. The standard InChI is InChI=1S/C23H25FN2O2/c1-16-20-13-19(24)9-10-21(20)28-22(16)23(27)25-14-17-5-7-18(8-6-17)15-26-11-3-2-4-12-26/h5-10,13H,2-4,11-12,14-15H2,1H3,(H,25,27). The van der Waals surface area contributed by atoms with E-state index in [1.165, 1.54) is 50.0 Å². The van der Waals surface area contributed by atoms with Crippen molar-refractivity contribution in [2.75, 3.05) is 13.1 Å². The molecule has 1 saturated heterocycles. The summed E-state index contributed by atoms with van der Waals surface area (Å²) in [4.78, 5) is 15.0. The molecular formula is C23H25FN2O2. The summed E-state index contributed by atoms with van der Waals surface area (Å²) < 4.78 is 19.1. The van der Waals surface area contributed by atoms with E-state index in [2.05, 4.69) is 34.5 Å². The molecule has 0 spiro atoms. The fourth-order valence-electron chi connectivity index (χ4n) is 3.81. The highest BCUT2D eigenvalue weighted by Crippen LogP contribution is 2.26. The van der Waals surface area contributed by atoms with Gasteiger partial charge < -0.3 is 9.73 Å². The van der Waals surface area contributed by atoms with Crippen LogP contribution in [-0.2, 0) is 13.1 Å². The highest BCUT2D eigenvalue weighted by atomic mass is 19.1. The molecule has 0 atom stereocenters. The number of carbonyl (C=O) groups is 1. The molecule has 2 heterocycles. The maximum absolute atomic E-state index is 13.4. The van der Waals surface area contributed by atoms with E-state index in [1.807, 2.05) is 0 Å². The first-order valence-corrected chi connectivity index (χ1v) is 9.87. The maximum Gasteiger partial charge on any atom is 0.287 e. The number of benzene rings is 2. The molecule has 2 aromatic carbocycles. The van der Waals surface area contributed by atoms with E-state index < -0.39 is 0 Å². The molecule has 4 rings (SSSR count). The minimum absolute atomic E-state index is 0.238. The summed E-state index contributed by atoms with van der Waals surface area (Å²) in [6, 6.07) is 12.7. The zero-order valence-electron chi connectivity index (χ0n) is 16.1. The highest BCUT2D eigenvalue weighted by Gasteiger charge is 2.18. The van der Waals surface area contributed by atoms with Crippen molar-refractivity contribution in [3.8, 4) is 0 Å². The summed E-state index contributed by atoms with van der Waals surface area (Å²) >= 11 is 0. The minimum Gasteiger partial charge on any atom is -0.451 e. The van der Waals surface area contributed by atoms with Gasteiger partial charge in [-0.1, -0.05) is 30.7 Å². The van der Waals surface area contributed by atoms with Crippen molar-refractivity contribution in [3.63, 3.8) is 0 Å². The third-order valence-corrected chi connectivity index (χ3v) is 5.44. The van der Waals surface area contributed by atoms with E-state index in [1.54, 1.807) is 13.0 Å². The van der Waals surface area contributed by atoms with Gasteiger partial charge in [-0.3, -0.25) is 9.69 Å². The number of nitrogens with one attached hydrogen (secondary N) is 1. The number of halogens is 1. The van der Waals surface area contributed by atoms with Gasteiger partial charge in [-0.25, -0.2) is 4.39 Å². The number of nitrogens with zero attached hydrogens (tertiary/aromatic N) is 1. The van der Waals surface area contributed by atoms with Crippen LogP contribution >= 0.6 is 0 Å². The molecule has 1 aromatic heterocycles. The number of hydrogen-bond acceptors (Lipinski definition) is 3. The largest absolute Gasteiger partial charge is 0.451 e. The summed E-state index contributed by atoms with van der Waals surface area (Å²) in [5.41, 5.74) is 3.51. The van der Waals surface area contributed by atoms with Gasteiger partial charge >= 0.3 is 0 Å². The number of carbonyl (C=O) groups excluding carboxylic acids is 1. The van der Waals surface area contributed by atoms with Gasteiger partial charge in [0, 0.05) is 24.0 Å². The van der Waals surface area contributed by atoms with Crippen LogP contribution in [0, 0.1) is 12.7 Å². The van der Waals surface area contributed by atoms with Gasteiger partial charge in [0.2, 0.25) is 0 Å². The molecule has 1 N–H and O–H groups in total. The van der Waals surface area contributed by atoms with Crippen LogP contribution < -0.4 is 5.32 Å². The van der Waals surface area contributed by atoms with Crippen LogP contribution in [0.15, 0.2) is 46.9 Å². The zero-order valence-corrected chi connectivity index (χ0v) is 16.1. The monoisotopic (exact) mass is 380 g/mol. The number of furan rings is 1.